The molecule has 0 saturated heterocycles. The predicted molar refractivity (Wildman–Crippen MR) is 143 cm³/mol. The molecule has 0 bridgehead atoms. The molecule has 5 aromatic rings. The monoisotopic (exact) mass is 526 g/mol. The molecular weight excluding hydrogens is 500 g/mol. The Kier molecular flexibility index (Phi) is 7.30. The first-order valence-electron chi connectivity index (χ1n) is 12.5. The van der Waals surface area contributed by atoms with Crippen molar-refractivity contribution in [3.05, 3.63) is 77.9 Å². The number of tetrazole rings is 1. The number of aromatic nitrogens is 5. The van der Waals surface area contributed by atoms with E-state index in [2.05, 4.69) is 48.7 Å². The highest BCUT2D eigenvalue weighted by atomic mass is 16.5. The summed E-state index contributed by atoms with van der Waals surface area (Å²) >= 11 is 0. The van der Waals surface area contributed by atoms with E-state index in [1.54, 1.807) is 19.1 Å². The van der Waals surface area contributed by atoms with Gasteiger partial charge in [0.1, 0.15) is 6.04 Å². The number of aromatic amines is 1. The Morgan fingerprint density at radius 2 is 1.79 bits per heavy atom. The van der Waals surface area contributed by atoms with Gasteiger partial charge in [0.15, 0.2) is 0 Å². The number of amides is 1. The molecule has 1 amide bonds. The summed E-state index contributed by atoms with van der Waals surface area (Å²) in [6, 6.07) is 20.2. The molecule has 3 aromatic carbocycles. The number of fused-ring (bicyclic) bond motifs is 3. The zero-order valence-corrected chi connectivity index (χ0v) is 21.1. The van der Waals surface area contributed by atoms with Crippen molar-refractivity contribution in [1.82, 2.24) is 30.5 Å². The molecule has 11 heteroatoms. The SMILES string of the molecule is CCOC(=O)C(CCC(=O)O)NC(=O)c1ccc(Cn2c3ccccc3c3cc(-c4nn[nH]n4)ccc32)cc1. The number of aliphatic carboxylic acids is 1. The minimum Gasteiger partial charge on any atom is -0.481 e. The lowest BCUT2D eigenvalue weighted by molar-refractivity contribution is -0.146. The summed E-state index contributed by atoms with van der Waals surface area (Å²) in [6.45, 7) is 2.35. The van der Waals surface area contributed by atoms with Crippen LogP contribution in [-0.2, 0) is 20.9 Å². The van der Waals surface area contributed by atoms with Gasteiger partial charge in [-0.1, -0.05) is 30.3 Å². The van der Waals surface area contributed by atoms with Crippen LogP contribution in [0.25, 0.3) is 33.2 Å². The van der Waals surface area contributed by atoms with Gasteiger partial charge in [0.05, 0.1) is 6.61 Å². The van der Waals surface area contributed by atoms with E-state index in [-0.39, 0.29) is 19.4 Å². The zero-order valence-electron chi connectivity index (χ0n) is 21.1. The smallest absolute Gasteiger partial charge is 0.328 e. The Bertz CT molecular complexity index is 1640. The van der Waals surface area contributed by atoms with Crippen LogP contribution in [0, 0.1) is 0 Å². The van der Waals surface area contributed by atoms with Crippen molar-refractivity contribution in [3.63, 3.8) is 0 Å². The molecule has 3 N–H and O–H groups in total. The fourth-order valence-corrected chi connectivity index (χ4v) is 4.59. The molecule has 0 spiro atoms. The molecule has 0 aliphatic carbocycles. The maximum atomic E-state index is 12.8. The highest BCUT2D eigenvalue weighted by Gasteiger charge is 2.23. The van der Waals surface area contributed by atoms with Crippen LogP contribution >= 0.6 is 0 Å². The average molecular weight is 527 g/mol. The number of carbonyl (C=O) groups is 3. The number of hydrogen-bond donors (Lipinski definition) is 3. The van der Waals surface area contributed by atoms with Crippen LogP contribution in [-0.4, -0.2) is 60.8 Å². The van der Waals surface area contributed by atoms with Crippen molar-refractivity contribution in [1.29, 1.82) is 0 Å². The maximum absolute atomic E-state index is 12.8. The summed E-state index contributed by atoms with van der Waals surface area (Å²) in [5.74, 6) is -1.66. The summed E-state index contributed by atoms with van der Waals surface area (Å²) in [5.41, 5.74) is 4.30. The van der Waals surface area contributed by atoms with Gasteiger partial charge < -0.3 is 19.7 Å². The van der Waals surface area contributed by atoms with Crippen LogP contribution in [0.2, 0.25) is 0 Å². The number of carboxylic acids is 1. The lowest BCUT2D eigenvalue weighted by atomic mass is 10.1. The van der Waals surface area contributed by atoms with Crippen molar-refractivity contribution in [2.45, 2.75) is 32.4 Å². The number of H-pyrrole nitrogens is 1. The first-order valence-corrected chi connectivity index (χ1v) is 12.5. The summed E-state index contributed by atoms with van der Waals surface area (Å²) in [7, 11) is 0. The molecule has 11 nitrogen and oxygen atoms in total. The van der Waals surface area contributed by atoms with Gasteiger partial charge in [0.25, 0.3) is 5.91 Å². The van der Waals surface area contributed by atoms with E-state index in [0.717, 1.165) is 32.9 Å². The molecule has 198 valence electrons. The number of nitrogens with zero attached hydrogens (tertiary/aromatic N) is 4. The minimum absolute atomic E-state index is 0.0554. The van der Waals surface area contributed by atoms with Gasteiger partial charge in [-0.05, 0) is 60.5 Å². The molecule has 5 rings (SSSR count). The number of carbonyl (C=O) groups excluding carboxylic acids is 2. The number of esters is 1. The van der Waals surface area contributed by atoms with Crippen LogP contribution in [0.3, 0.4) is 0 Å². The van der Waals surface area contributed by atoms with Gasteiger partial charge in [0, 0.05) is 45.9 Å². The fraction of sp³-hybridized carbons (Fsp3) is 0.214. The molecule has 0 aliphatic heterocycles. The highest BCUT2D eigenvalue weighted by Crippen LogP contribution is 2.32. The molecule has 2 aromatic heterocycles. The van der Waals surface area contributed by atoms with Gasteiger partial charge in [-0.3, -0.25) is 9.59 Å². The number of nitrogens with one attached hydrogen (secondary N) is 2. The van der Waals surface area contributed by atoms with Crippen LogP contribution in [0.15, 0.2) is 66.7 Å². The van der Waals surface area contributed by atoms with E-state index >= 15 is 0 Å². The van der Waals surface area contributed by atoms with Crippen molar-refractivity contribution < 1.29 is 24.2 Å². The van der Waals surface area contributed by atoms with E-state index in [1.807, 2.05) is 36.4 Å². The second-order valence-electron chi connectivity index (χ2n) is 8.98. The van der Waals surface area contributed by atoms with Crippen LogP contribution in [0.4, 0.5) is 0 Å². The van der Waals surface area contributed by atoms with Crippen molar-refractivity contribution in [3.8, 4) is 11.4 Å². The number of hydrogen-bond acceptors (Lipinski definition) is 7. The summed E-state index contributed by atoms with van der Waals surface area (Å²) < 4.78 is 7.20. The van der Waals surface area contributed by atoms with Gasteiger partial charge in [0.2, 0.25) is 5.82 Å². The normalized spacial score (nSPS) is 11.9. The standard InChI is InChI=1S/C28H26N6O5/c1-2-39-28(38)22(12-14-25(35)36)29-27(37)18-9-7-17(8-10-18)16-34-23-6-4-3-5-20(23)21-15-19(11-13-24(21)34)26-30-32-33-31-26/h3-11,13,15,22H,2,12,14,16H2,1H3,(H,29,37)(H,35,36)(H,30,31,32,33). The second kappa shape index (κ2) is 11.1. The van der Waals surface area contributed by atoms with Crippen molar-refractivity contribution in [2.75, 3.05) is 6.61 Å². The van der Waals surface area contributed by atoms with E-state index < -0.39 is 23.9 Å². The van der Waals surface area contributed by atoms with E-state index in [0.29, 0.717) is 17.9 Å². The summed E-state index contributed by atoms with van der Waals surface area (Å²) in [4.78, 5) is 36.0. The number of benzene rings is 3. The molecule has 39 heavy (non-hydrogen) atoms. The Morgan fingerprint density at radius 1 is 1.03 bits per heavy atom. The third kappa shape index (κ3) is 5.47. The molecule has 0 aliphatic rings. The second-order valence-corrected chi connectivity index (χ2v) is 8.98. The molecule has 1 unspecified atom stereocenters. The highest BCUT2D eigenvalue weighted by molar-refractivity contribution is 6.09. The molecular formula is C28H26N6O5. The quantitative estimate of drug-likeness (QED) is 0.234. The fourth-order valence-electron chi connectivity index (χ4n) is 4.59. The first-order chi connectivity index (χ1) is 18.9. The third-order valence-electron chi connectivity index (χ3n) is 6.46. The van der Waals surface area contributed by atoms with Crippen molar-refractivity contribution in [2.24, 2.45) is 0 Å². The van der Waals surface area contributed by atoms with Crippen LogP contribution in [0.1, 0.15) is 35.7 Å². The molecule has 0 fully saturated rings. The van der Waals surface area contributed by atoms with E-state index in [4.69, 9.17) is 9.84 Å². The maximum Gasteiger partial charge on any atom is 0.328 e. The molecule has 0 saturated carbocycles. The summed E-state index contributed by atoms with van der Waals surface area (Å²) in [6.07, 6.45) is -0.321. The molecule has 2 heterocycles. The summed E-state index contributed by atoms with van der Waals surface area (Å²) in [5, 5.41) is 28.1. The van der Waals surface area contributed by atoms with Gasteiger partial charge in [-0.2, -0.15) is 5.21 Å². The third-order valence-corrected chi connectivity index (χ3v) is 6.46. The van der Waals surface area contributed by atoms with Gasteiger partial charge in [-0.25, -0.2) is 4.79 Å². The van der Waals surface area contributed by atoms with Crippen LogP contribution < -0.4 is 5.32 Å². The topological polar surface area (TPSA) is 152 Å². The molecule has 1 atom stereocenters. The number of carboxylic acid groups (broad SMARTS) is 1. The number of para-hydroxylation sites is 1. The number of ether oxygens (including phenoxy) is 1. The lowest BCUT2D eigenvalue weighted by Gasteiger charge is -2.16. The van der Waals surface area contributed by atoms with E-state index in [9.17, 15) is 14.4 Å². The largest absolute Gasteiger partial charge is 0.481 e. The Balaban J connectivity index is 1.38. The van der Waals surface area contributed by atoms with Crippen LogP contribution in [0.5, 0.6) is 0 Å². The van der Waals surface area contributed by atoms with Gasteiger partial charge in [-0.15, -0.1) is 10.2 Å². The average Bonchev–Trinajstić information content (AvgIpc) is 3.59. The predicted octanol–water partition coefficient (Wildman–Crippen LogP) is 3.55. The Labute approximate surface area is 222 Å². The Hall–Kier alpha value is -5.06. The zero-order chi connectivity index (χ0) is 27.4. The number of rotatable bonds is 10. The lowest BCUT2D eigenvalue weighted by Crippen LogP contribution is -2.42. The first kappa shape index (κ1) is 25.6. The van der Waals surface area contributed by atoms with Crippen molar-refractivity contribution >= 4 is 39.7 Å². The Morgan fingerprint density at radius 3 is 2.51 bits per heavy atom. The molecule has 0 radical (unpaired) electrons. The minimum atomic E-state index is -1.06. The van der Waals surface area contributed by atoms with E-state index in [1.165, 1.54) is 0 Å². The van der Waals surface area contributed by atoms with Gasteiger partial charge >= 0.3 is 11.9 Å².